The topological polar surface area (TPSA) is 77.0 Å². The summed E-state index contributed by atoms with van der Waals surface area (Å²) in [5.74, 6) is -0.00808. The monoisotopic (exact) mass is 462 g/mol. The highest BCUT2D eigenvalue weighted by Gasteiger charge is 2.20. The van der Waals surface area contributed by atoms with Crippen LogP contribution < -0.4 is 14.9 Å². The van der Waals surface area contributed by atoms with Crippen molar-refractivity contribution in [2.75, 3.05) is 6.61 Å². The van der Waals surface area contributed by atoms with Gasteiger partial charge < -0.3 is 9.47 Å². The summed E-state index contributed by atoms with van der Waals surface area (Å²) in [6, 6.07) is 9.55. The molecule has 0 unspecified atom stereocenters. The third-order valence-electron chi connectivity index (χ3n) is 4.99. The second-order valence-electron chi connectivity index (χ2n) is 7.22. The van der Waals surface area contributed by atoms with Crippen LogP contribution in [-0.2, 0) is 4.79 Å². The predicted octanol–water partition coefficient (Wildman–Crippen LogP) is 5.64. The van der Waals surface area contributed by atoms with Gasteiger partial charge in [-0.15, -0.1) is 0 Å². The number of benzene rings is 2. The summed E-state index contributed by atoms with van der Waals surface area (Å²) in [6.45, 7) is 2.21. The quantitative estimate of drug-likeness (QED) is 0.250. The lowest BCUT2D eigenvalue weighted by atomic mass is 9.89. The van der Waals surface area contributed by atoms with E-state index in [0.717, 1.165) is 25.7 Å². The number of hydrogen-bond donors (Lipinski definition) is 1. The maximum atomic E-state index is 12.5. The van der Waals surface area contributed by atoms with E-state index in [9.17, 15) is 9.59 Å². The maximum Gasteiger partial charge on any atom is 0.345 e. The van der Waals surface area contributed by atoms with Gasteiger partial charge in [-0.2, -0.15) is 5.10 Å². The first-order chi connectivity index (χ1) is 15.0. The van der Waals surface area contributed by atoms with Crippen LogP contribution in [0.15, 0.2) is 41.5 Å². The van der Waals surface area contributed by atoms with Gasteiger partial charge in [-0.1, -0.05) is 42.5 Å². The van der Waals surface area contributed by atoms with Gasteiger partial charge in [-0.3, -0.25) is 4.79 Å². The highest BCUT2D eigenvalue weighted by atomic mass is 35.5. The van der Waals surface area contributed by atoms with E-state index < -0.39 is 5.97 Å². The third kappa shape index (κ3) is 6.45. The van der Waals surface area contributed by atoms with Crippen LogP contribution in [0, 0.1) is 5.92 Å². The molecule has 0 bridgehead atoms. The van der Waals surface area contributed by atoms with Crippen molar-refractivity contribution in [1.29, 1.82) is 0 Å². The number of ether oxygens (including phenoxy) is 2. The number of hydrogen-bond acceptors (Lipinski definition) is 5. The van der Waals surface area contributed by atoms with Crippen LogP contribution in [0.5, 0.6) is 11.5 Å². The van der Waals surface area contributed by atoms with Crippen molar-refractivity contribution >= 4 is 41.3 Å². The van der Waals surface area contributed by atoms with E-state index in [1.165, 1.54) is 24.8 Å². The van der Waals surface area contributed by atoms with Gasteiger partial charge in [0.05, 0.1) is 23.4 Å². The maximum absolute atomic E-state index is 12.5. The average molecular weight is 463 g/mol. The molecule has 1 aliphatic carbocycles. The largest absolute Gasteiger partial charge is 0.490 e. The Bertz CT molecular complexity index is 972. The zero-order valence-corrected chi connectivity index (χ0v) is 18.7. The lowest BCUT2D eigenvalue weighted by Crippen LogP contribution is -2.28. The van der Waals surface area contributed by atoms with E-state index in [0.29, 0.717) is 22.9 Å². The Morgan fingerprint density at radius 2 is 1.87 bits per heavy atom. The van der Waals surface area contributed by atoms with Gasteiger partial charge in [-0.25, -0.2) is 10.2 Å². The van der Waals surface area contributed by atoms with Crippen molar-refractivity contribution < 1.29 is 19.1 Å². The zero-order chi connectivity index (χ0) is 22.2. The zero-order valence-electron chi connectivity index (χ0n) is 17.2. The molecule has 0 radical (unpaired) electrons. The molecule has 1 aliphatic rings. The van der Waals surface area contributed by atoms with Gasteiger partial charge in [0.1, 0.15) is 0 Å². The molecule has 1 N–H and O–H groups in total. The number of nitrogens with one attached hydrogen (secondary N) is 1. The smallest absolute Gasteiger partial charge is 0.345 e. The Morgan fingerprint density at radius 1 is 1.10 bits per heavy atom. The molecule has 6 nitrogen and oxygen atoms in total. The summed E-state index contributed by atoms with van der Waals surface area (Å²) in [6.07, 6.45) is 6.71. The van der Waals surface area contributed by atoms with Crippen molar-refractivity contribution in [1.82, 2.24) is 5.43 Å². The molecule has 0 aromatic heterocycles. The van der Waals surface area contributed by atoms with Crippen LogP contribution in [-0.4, -0.2) is 24.7 Å². The molecule has 8 heteroatoms. The van der Waals surface area contributed by atoms with E-state index >= 15 is 0 Å². The second-order valence-corrected chi connectivity index (χ2v) is 8.07. The Balaban J connectivity index is 1.68. The molecule has 1 amide bonds. The number of nitrogens with zero attached hydrogens (tertiary/aromatic N) is 1. The Labute approximate surface area is 191 Å². The molecule has 0 atom stereocenters. The lowest BCUT2D eigenvalue weighted by Gasteiger charge is -2.19. The molecule has 1 fully saturated rings. The van der Waals surface area contributed by atoms with E-state index in [4.69, 9.17) is 32.7 Å². The summed E-state index contributed by atoms with van der Waals surface area (Å²) >= 11 is 12.0. The van der Waals surface area contributed by atoms with Crippen LogP contribution >= 0.6 is 23.2 Å². The molecule has 1 saturated carbocycles. The first kappa shape index (κ1) is 23.1. The van der Waals surface area contributed by atoms with E-state index in [1.807, 2.05) is 6.92 Å². The van der Waals surface area contributed by atoms with Crippen LogP contribution in [0.3, 0.4) is 0 Å². The molecule has 3 rings (SSSR count). The molecule has 0 aliphatic heterocycles. The number of amides is 1. The van der Waals surface area contributed by atoms with Crippen molar-refractivity contribution in [2.45, 2.75) is 39.0 Å². The minimum Gasteiger partial charge on any atom is -0.490 e. The van der Waals surface area contributed by atoms with E-state index in [1.54, 1.807) is 24.3 Å². The summed E-state index contributed by atoms with van der Waals surface area (Å²) in [5, 5.41) is 4.69. The Kier molecular flexibility index (Phi) is 8.32. The second kappa shape index (κ2) is 11.2. The molecular weight excluding hydrogens is 439 g/mol. The van der Waals surface area contributed by atoms with Gasteiger partial charge in [0.25, 0.3) is 0 Å². The molecule has 2 aromatic rings. The van der Waals surface area contributed by atoms with Gasteiger partial charge in [0.2, 0.25) is 5.91 Å². The average Bonchev–Trinajstić information content (AvgIpc) is 2.76. The number of carbonyl (C=O) groups is 2. The van der Waals surface area contributed by atoms with Crippen LogP contribution in [0.25, 0.3) is 0 Å². The first-order valence-electron chi connectivity index (χ1n) is 10.2. The highest BCUT2D eigenvalue weighted by molar-refractivity contribution is 6.36. The minimum absolute atomic E-state index is 0.0337. The summed E-state index contributed by atoms with van der Waals surface area (Å²) in [5.41, 5.74) is 3.50. The third-order valence-corrected chi connectivity index (χ3v) is 5.53. The normalized spacial score (nSPS) is 14.4. The number of carbonyl (C=O) groups excluding carboxylic acids is 2. The fourth-order valence-corrected chi connectivity index (χ4v) is 3.88. The molecule has 164 valence electrons. The first-order valence-corrected chi connectivity index (χ1v) is 11.0. The summed E-state index contributed by atoms with van der Waals surface area (Å²) in [7, 11) is 0. The molecule has 0 heterocycles. The highest BCUT2D eigenvalue weighted by Crippen LogP contribution is 2.30. The molecular formula is C23H24Cl2N2O4. The van der Waals surface area contributed by atoms with Crippen LogP contribution in [0.4, 0.5) is 0 Å². The van der Waals surface area contributed by atoms with Crippen molar-refractivity contribution in [3.8, 4) is 11.5 Å². The predicted molar refractivity (Wildman–Crippen MR) is 121 cm³/mol. The number of hydrazone groups is 1. The van der Waals surface area contributed by atoms with Gasteiger partial charge >= 0.3 is 5.97 Å². The fourth-order valence-electron chi connectivity index (χ4n) is 3.39. The summed E-state index contributed by atoms with van der Waals surface area (Å²) in [4.78, 5) is 24.7. The molecule has 31 heavy (non-hydrogen) atoms. The molecule has 0 spiro atoms. The Morgan fingerprint density at radius 3 is 2.58 bits per heavy atom. The van der Waals surface area contributed by atoms with Gasteiger partial charge in [0.15, 0.2) is 11.5 Å². The number of rotatable bonds is 7. The molecule has 2 aromatic carbocycles. The van der Waals surface area contributed by atoms with Crippen molar-refractivity contribution in [3.05, 3.63) is 57.6 Å². The van der Waals surface area contributed by atoms with Crippen LogP contribution in [0.1, 0.15) is 54.9 Å². The number of halogens is 2. The number of esters is 1. The van der Waals surface area contributed by atoms with Crippen molar-refractivity contribution in [3.63, 3.8) is 0 Å². The molecule has 0 saturated heterocycles. The van der Waals surface area contributed by atoms with E-state index in [2.05, 4.69) is 10.5 Å². The van der Waals surface area contributed by atoms with E-state index in [-0.39, 0.29) is 28.2 Å². The van der Waals surface area contributed by atoms with Gasteiger partial charge in [-0.05, 0) is 61.7 Å². The van der Waals surface area contributed by atoms with Crippen LogP contribution in [0.2, 0.25) is 10.0 Å². The standard InChI is InChI=1S/C23H24Cl2N2O4/c1-2-30-21-12-15(14-26-27-22(28)16-6-4-3-5-7-16)8-11-20(21)31-23(29)18-10-9-17(24)13-19(18)25/h8-14,16H,2-7H2,1H3,(H,27,28). The fraction of sp³-hybridized carbons (Fsp3) is 0.348. The lowest BCUT2D eigenvalue weighted by molar-refractivity contribution is -0.125. The van der Waals surface area contributed by atoms with Crippen molar-refractivity contribution in [2.24, 2.45) is 11.0 Å². The summed E-state index contributed by atoms with van der Waals surface area (Å²) < 4.78 is 11.1. The SMILES string of the molecule is CCOc1cc(C=NNC(=O)C2CCCCC2)ccc1OC(=O)c1ccc(Cl)cc1Cl. The van der Waals surface area contributed by atoms with Gasteiger partial charge in [0, 0.05) is 10.9 Å². The Hall–Kier alpha value is -2.57. The minimum atomic E-state index is -0.621.